The third-order valence-electron chi connectivity index (χ3n) is 1.94. The summed E-state index contributed by atoms with van der Waals surface area (Å²) in [5.74, 6) is -2.85. The molecule has 4 nitrogen and oxygen atoms in total. The number of nitrogens with zero attached hydrogens (tertiary/aromatic N) is 1. The Kier molecular flexibility index (Phi) is 4.30. The number of pyridine rings is 1. The van der Waals surface area contributed by atoms with Gasteiger partial charge in [0, 0.05) is 6.20 Å². The SMILES string of the molecule is CCOC(=O)c1c(C(F)F)cnc(F)c1OC. The molecule has 94 valence electrons. The Morgan fingerprint density at radius 2 is 2.18 bits per heavy atom. The molecule has 0 aliphatic carbocycles. The van der Waals surface area contributed by atoms with E-state index < -0.39 is 35.2 Å². The fraction of sp³-hybridized carbons (Fsp3) is 0.400. The third-order valence-corrected chi connectivity index (χ3v) is 1.94. The molecule has 0 saturated carbocycles. The number of carbonyl (C=O) groups excluding carboxylic acids is 1. The fourth-order valence-electron chi connectivity index (χ4n) is 1.25. The maximum absolute atomic E-state index is 13.2. The molecule has 0 spiro atoms. The lowest BCUT2D eigenvalue weighted by Gasteiger charge is -2.12. The van der Waals surface area contributed by atoms with E-state index in [1.807, 2.05) is 0 Å². The van der Waals surface area contributed by atoms with Crippen LogP contribution in [0.4, 0.5) is 13.2 Å². The highest BCUT2D eigenvalue weighted by Gasteiger charge is 2.27. The second kappa shape index (κ2) is 5.51. The van der Waals surface area contributed by atoms with Crippen molar-refractivity contribution in [3.8, 4) is 5.75 Å². The number of esters is 1. The van der Waals surface area contributed by atoms with Gasteiger partial charge in [-0.1, -0.05) is 0 Å². The Morgan fingerprint density at radius 1 is 1.53 bits per heavy atom. The summed E-state index contributed by atoms with van der Waals surface area (Å²) in [7, 11) is 1.05. The van der Waals surface area contributed by atoms with Gasteiger partial charge >= 0.3 is 5.97 Å². The number of rotatable bonds is 4. The van der Waals surface area contributed by atoms with Crippen molar-refractivity contribution < 1.29 is 27.4 Å². The molecule has 0 saturated heterocycles. The van der Waals surface area contributed by atoms with E-state index in [-0.39, 0.29) is 6.61 Å². The number of hydrogen-bond acceptors (Lipinski definition) is 4. The second-order valence-electron chi connectivity index (χ2n) is 2.93. The maximum Gasteiger partial charge on any atom is 0.342 e. The summed E-state index contributed by atoms with van der Waals surface area (Å²) in [5, 5.41) is 0. The number of aromatic nitrogens is 1. The van der Waals surface area contributed by atoms with E-state index in [1.54, 1.807) is 0 Å². The summed E-state index contributed by atoms with van der Waals surface area (Å²) < 4.78 is 47.6. The summed E-state index contributed by atoms with van der Waals surface area (Å²) in [5.41, 5.74) is -1.35. The smallest absolute Gasteiger partial charge is 0.342 e. The zero-order chi connectivity index (χ0) is 13.0. The molecule has 0 aliphatic rings. The minimum absolute atomic E-state index is 0.0192. The van der Waals surface area contributed by atoms with Gasteiger partial charge in [0.1, 0.15) is 5.56 Å². The molecular formula is C10H10F3NO3. The molecule has 0 aromatic carbocycles. The zero-order valence-corrected chi connectivity index (χ0v) is 9.17. The van der Waals surface area contributed by atoms with Crippen LogP contribution in [0.15, 0.2) is 6.20 Å². The van der Waals surface area contributed by atoms with E-state index >= 15 is 0 Å². The second-order valence-corrected chi connectivity index (χ2v) is 2.93. The molecule has 0 aliphatic heterocycles. The van der Waals surface area contributed by atoms with Gasteiger partial charge in [0.25, 0.3) is 12.4 Å². The Morgan fingerprint density at radius 3 is 2.65 bits per heavy atom. The van der Waals surface area contributed by atoms with Crippen LogP contribution in [0, 0.1) is 5.95 Å². The number of methoxy groups -OCH3 is 1. The van der Waals surface area contributed by atoms with Gasteiger partial charge in [-0.3, -0.25) is 0 Å². The van der Waals surface area contributed by atoms with Crippen molar-refractivity contribution in [2.45, 2.75) is 13.3 Å². The Balaban J connectivity index is 3.38. The van der Waals surface area contributed by atoms with Crippen LogP contribution in [0.5, 0.6) is 5.75 Å². The van der Waals surface area contributed by atoms with Crippen LogP contribution in [0.3, 0.4) is 0 Å². The first-order chi connectivity index (χ1) is 8.02. The fourth-order valence-corrected chi connectivity index (χ4v) is 1.25. The molecule has 0 fully saturated rings. The summed E-state index contributed by atoms with van der Waals surface area (Å²) in [6.07, 6.45) is -2.38. The highest BCUT2D eigenvalue weighted by atomic mass is 19.3. The standard InChI is InChI=1S/C10H10F3NO3/c1-3-17-10(15)6-5(8(11)12)4-14-9(13)7(6)16-2/h4,8H,3H2,1-2H3. The average Bonchev–Trinajstić information content (AvgIpc) is 2.28. The van der Waals surface area contributed by atoms with E-state index in [2.05, 4.69) is 14.5 Å². The van der Waals surface area contributed by atoms with E-state index in [0.717, 1.165) is 7.11 Å². The van der Waals surface area contributed by atoms with Crippen LogP contribution in [0.25, 0.3) is 0 Å². The van der Waals surface area contributed by atoms with E-state index in [1.165, 1.54) is 6.92 Å². The van der Waals surface area contributed by atoms with Gasteiger partial charge in [0.15, 0.2) is 5.75 Å². The van der Waals surface area contributed by atoms with Crippen molar-refractivity contribution in [1.82, 2.24) is 4.98 Å². The first-order valence-corrected chi connectivity index (χ1v) is 4.70. The average molecular weight is 249 g/mol. The monoisotopic (exact) mass is 249 g/mol. The molecule has 0 bridgehead atoms. The molecule has 0 unspecified atom stereocenters. The molecule has 0 N–H and O–H groups in total. The van der Waals surface area contributed by atoms with Gasteiger partial charge in [-0.25, -0.2) is 18.6 Å². The topological polar surface area (TPSA) is 48.4 Å². The van der Waals surface area contributed by atoms with Crippen molar-refractivity contribution in [2.75, 3.05) is 13.7 Å². The van der Waals surface area contributed by atoms with E-state index in [0.29, 0.717) is 6.20 Å². The van der Waals surface area contributed by atoms with Crippen LogP contribution >= 0.6 is 0 Å². The number of halogens is 3. The maximum atomic E-state index is 13.2. The molecule has 0 atom stereocenters. The van der Waals surface area contributed by atoms with Crippen LogP contribution in [0.1, 0.15) is 29.3 Å². The van der Waals surface area contributed by atoms with Crippen LogP contribution in [-0.2, 0) is 4.74 Å². The van der Waals surface area contributed by atoms with E-state index in [9.17, 15) is 18.0 Å². The summed E-state index contributed by atoms with van der Waals surface area (Å²) in [4.78, 5) is 14.6. The van der Waals surface area contributed by atoms with Crippen molar-refractivity contribution in [1.29, 1.82) is 0 Å². The highest BCUT2D eigenvalue weighted by molar-refractivity contribution is 5.94. The van der Waals surface area contributed by atoms with Crippen molar-refractivity contribution in [3.63, 3.8) is 0 Å². The molecule has 1 aromatic heterocycles. The van der Waals surface area contributed by atoms with Gasteiger partial charge in [-0.05, 0) is 6.92 Å². The molecular weight excluding hydrogens is 239 g/mol. The first kappa shape index (κ1) is 13.3. The van der Waals surface area contributed by atoms with Gasteiger partial charge < -0.3 is 9.47 Å². The predicted octanol–water partition coefficient (Wildman–Crippen LogP) is 2.34. The lowest BCUT2D eigenvalue weighted by atomic mass is 10.1. The van der Waals surface area contributed by atoms with Gasteiger partial charge in [0.05, 0.1) is 19.3 Å². The zero-order valence-electron chi connectivity index (χ0n) is 9.17. The molecule has 1 heterocycles. The predicted molar refractivity (Wildman–Crippen MR) is 51.7 cm³/mol. The van der Waals surface area contributed by atoms with Gasteiger partial charge in [0.2, 0.25) is 0 Å². The lowest BCUT2D eigenvalue weighted by molar-refractivity contribution is 0.0509. The number of alkyl halides is 2. The summed E-state index contributed by atoms with van der Waals surface area (Å²) >= 11 is 0. The lowest BCUT2D eigenvalue weighted by Crippen LogP contribution is -2.12. The largest absolute Gasteiger partial charge is 0.491 e. The number of ether oxygens (including phenoxy) is 2. The minimum atomic E-state index is -2.98. The molecule has 7 heteroatoms. The van der Waals surface area contributed by atoms with Crippen LogP contribution in [-0.4, -0.2) is 24.7 Å². The Hall–Kier alpha value is -1.79. The quantitative estimate of drug-likeness (QED) is 0.607. The van der Waals surface area contributed by atoms with Crippen molar-refractivity contribution in [3.05, 3.63) is 23.3 Å². The number of hydrogen-bond donors (Lipinski definition) is 0. The molecule has 17 heavy (non-hydrogen) atoms. The van der Waals surface area contributed by atoms with Crippen LogP contribution in [0.2, 0.25) is 0 Å². The number of carbonyl (C=O) groups is 1. The summed E-state index contributed by atoms with van der Waals surface area (Å²) in [6.45, 7) is 1.48. The first-order valence-electron chi connectivity index (χ1n) is 4.70. The molecule has 0 amide bonds. The molecule has 1 rings (SSSR count). The van der Waals surface area contributed by atoms with Crippen molar-refractivity contribution >= 4 is 5.97 Å². The van der Waals surface area contributed by atoms with Gasteiger partial charge in [-0.15, -0.1) is 0 Å². The van der Waals surface area contributed by atoms with Gasteiger partial charge in [-0.2, -0.15) is 4.39 Å². The molecule has 1 aromatic rings. The van der Waals surface area contributed by atoms with E-state index in [4.69, 9.17) is 0 Å². The Labute approximate surface area is 95.4 Å². The normalized spacial score (nSPS) is 10.5. The summed E-state index contributed by atoms with van der Waals surface area (Å²) in [6, 6.07) is 0. The highest BCUT2D eigenvalue weighted by Crippen LogP contribution is 2.31. The minimum Gasteiger partial charge on any atom is -0.491 e. The van der Waals surface area contributed by atoms with Crippen LogP contribution < -0.4 is 4.74 Å². The molecule has 0 radical (unpaired) electrons. The Bertz CT molecular complexity index is 424. The third kappa shape index (κ3) is 2.66. The van der Waals surface area contributed by atoms with Crippen molar-refractivity contribution in [2.24, 2.45) is 0 Å².